The van der Waals surface area contributed by atoms with E-state index >= 15 is 0 Å². The lowest BCUT2D eigenvalue weighted by molar-refractivity contribution is 0.254. The third-order valence-corrected chi connectivity index (χ3v) is 4.02. The summed E-state index contributed by atoms with van der Waals surface area (Å²) in [5.74, 6) is 1.36. The molecule has 7 heteroatoms. The lowest BCUT2D eigenvalue weighted by Gasteiger charge is -2.23. The van der Waals surface area contributed by atoms with Gasteiger partial charge in [-0.15, -0.1) is 0 Å². The molecule has 0 unspecified atom stereocenters. The molecule has 2 aromatic carbocycles. The Morgan fingerprint density at radius 2 is 1.60 bits per heavy atom. The van der Waals surface area contributed by atoms with Gasteiger partial charge in [0.05, 0.1) is 27.0 Å². The zero-order chi connectivity index (χ0) is 18.4. The first-order valence-corrected chi connectivity index (χ1v) is 7.99. The molecule has 0 heterocycles. The number of hydrogen-bond donors (Lipinski definition) is 1. The van der Waals surface area contributed by atoms with Crippen molar-refractivity contribution >= 4 is 23.3 Å². The Morgan fingerprint density at radius 3 is 2.04 bits per heavy atom. The number of amides is 2. The first kappa shape index (κ1) is 18.7. The van der Waals surface area contributed by atoms with E-state index in [-0.39, 0.29) is 0 Å². The summed E-state index contributed by atoms with van der Waals surface area (Å²) >= 11 is 5.89. The second kappa shape index (κ2) is 8.48. The Bertz CT molecular complexity index is 709. The molecule has 0 atom stereocenters. The molecule has 0 aliphatic rings. The van der Waals surface area contributed by atoms with Crippen molar-refractivity contribution in [1.29, 1.82) is 0 Å². The average molecular weight is 365 g/mol. The molecule has 0 saturated carbocycles. The summed E-state index contributed by atoms with van der Waals surface area (Å²) in [4.78, 5) is 13.4. The van der Waals surface area contributed by atoms with Gasteiger partial charge >= 0.3 is 6.03 Å². The van der Waals surface area contributed by atoms with Crippen LogP contribution >= 0.6 is 11.6 Å². The highest BCUT2D eigenvalue weighted by atomic mass is 35.5. The molecule has 0 fully saturated rings. The summed E-state index contributed by atoms with van der Waals surface area (Å²) < 4.78 is 16.0. The molecule has 0 bridgehead atoms. The zero-order valence-electron chi connectivity index (χ0n) is 14.4. The van der Waals surface area contributed by atoms with Crippen LogP contribution in [-0.2, 0) is 6.42 Å². The van der Waals surface area contributed by atoms with Crippen LogP contribution in [0.3, 0.4) is 0 Å². The van der Waals surface area contributed by atoms with Crippen molar-refractivity contribution in [3.8, 4) is 17.2 Å². The number of carbonyl (C=O) groups excluding carboxylic acids is 1. The highest BCUT2D eigenvalue weighted by molar-refractivity contribution is 6.30. The zero-order valence-corrected chi connectivity index (χ0v) is 15.2. The molecule has 0 spiro atoms. The number of urea groups is 1. The van der Waals surface area contributed by atoms with Crippen LogP contribution in [0.5, 0.6) is 17.2 Å². The second-order valence-electron chi connectivity index (χ2n) is 5.25. The van der Waals surface area contributed by atoms with Gasteiger partial charge in [-0.1, -0.05) is 23.7 Å². The molecule has 0 radical (unpaired) electrons. The topological polar surface area (TPSA) is 74.0 Å². The fraction of sp³-hybridized carbons (Fsp3) is 0.278. The van der Waals surface area contributed by atoms with Gasteiger partial charge < -0.3 is 19.9 Å². The number of nitrogens with two attached hydrogens (primary N) is 1. The molecule has 134 valence electrons. The number of carbonyl (C=O) groups is 1. The first-order chi connectivity index (χ1) is 12.0. The minimum atomic E-state index is -0.566. The molecular weight excluding hydrogens is 344 g/mol. The van der Waals surface area contributed by atoms with Crippen LogP contribution in [0.15, 0.2) is 36.4 Å². The predicted molar refractivity (Wildman–Crippen MR) is 98.2 cm³/mol. The number of primary amides is 1. The molecular formula is C18H21ClN2O4. The van der Waals surface area contributed by atoms with Crippen molar-refractivity contribution in [2.45, 2.75) is 6.42 Å². The summed E-state index contributed by atoms with van der Waals surface area (Å²) in [5, 5.41) is 0.667. The maximum atomic E-state index is 11.9. The van der Waals surface area contributed by atoms with E-state index in [0.717, 1.165) is 5.56 Å². The molecule has 0 aliphatic heterocycles. The molecule has 0 aliphatic carbocycles. The maximum Gasteiger partial charge on any atom is 0.319 e. The van der Waals surface area contributed by atoms with Gasteiger partial charge in [0.15, 0.2) is 11.5 Å². The van der Waals surface area contributed by atoms with E-state index in [9.17, 15) is 4.79 Å². The molecule has 2 aromatic rings. The van der Waals surface area contributed by atoms with E-state index in [2.05, 4.69) is 0 Å². The summed E-state index contributed by atoms with van der Waals surface area (Å²) in [6.07, 6.45) is 0.622. The van der Waals surface area contributed by atoms with E-state index in [1.807, 2.05) is 24.3 Å². The van der Waals surface area contributed by atoms with E-state index in [1.165, 1.54) is 26.2 Å². The molecule has 6 nitrogen and oxygen atoms in total. The number of anilines is 1. The van der Waals surface area contributed by atoms with Crippen LogP contribution < -0.4 is 24.8 Å². The van der Waals surface area contributed by atoms with Crippen LogP contribution in [0, 0.1) is 0 Å². The Morgan fingerprint density at radius 1 is 1.04 bits per heavy atom. The third kappa shape index (κ3) is 4.48. The molecule has 2 N–H and O–H groups in total. The maximum absolute atomic E-state index is 11.9. The minimum absolute atomic E-state index is 0.398. The fourth-order valence-electron chi connectivity index (χ4n) is 2.48. The molecule has 0 saturated heterocycles. The van der Waals surface area contributed by atoms with E-state index in [0.29, 0.717) is 40.9 Å². The van der Waals surface area contributed by atoms with Gasteiger partial charge in [0.25, 0.3) is 0 Å². The van der Waals surface area contributed by atoms with Crippen LogP contribution in [0.1, 0.15) is 5.56 Å². The van der Waals surface area contributed by atoms with Gasteiger partial charge in [-0.25, -0.2) is 4.79 Å². The second-order valence-corrected chi connectivity index (χ2v) is 5.69. The Labute approximate surface area is 152 Å². The van der Waals surface area contributed by atoms with E-state index in [4.69, 9.17) is 31.5 Å². The summed E-state index contributed by atoms with van der Waals surface area (Å²) in [6, 6.07) is 10.3. The van der Waals surface area contributed by atoms with Gasteiger partial charge in [-0.05, 0) is 24.1 Å². The highest BCUT2D eigenvalue weighted by Gasteiger charge is 2.19. The minimum Gasteiger partial charge on any atom is -0.493 e. The quantitative estimate of drug-likeness (QED) is 0.816. The molecule has 25 heavy (non-hydrogen) atoms. The van der Waals surface area contributed by atoms with Gasteiger partial charge in [-0.3, -0.25) is 4.90 Å². The number of rotatable bonds is 7. The van der Waals surface area contributed by atoms with Crippen LogP contribution in [0.4, 0.5) is 10.5 Å². The molecule has 2 rings (SSSR count). The average Bonchev–Trinajstić information content (AvgIpc) is 2.62. The number of hydrogen-bond acceptors (Lipinski definition) is 4. The van der Waals surface area contributed by atoms with Crippen molar-refractivity contribution in [3.05, 3.63) is 47.0 Å². The Balaban J connectivity index is 2.30. The van der Waals surface area contributed by atoms with Crippen LogP contribution in [-0.4, -0.2) is 33.9 Å². The number of benzene rings is 2. The molecule has 0 aromatic heterocycles. The van der Waals surface area contributed by atoms with E-state index < -0.39 is 6.03 Å². The van der Waals surface area contributed by atoms with Gasteiger partial charge in [0.2, 0.25) is 5.75 Å². The van der Waals surface area contributed by atoms with Crippen LogP contribution in [0.25, 0.3) is 0 Å². The standard InChI is InChI=1S/C18H21ClN2O4/c1-23-15-10-14(11-16(24-2)17(15)25-3)21(18(20)22)9-8-12-4-6-13(19)7-5-12/h4-7,10-11H,8-9H2,1-3H3,(H2,20,22). The number of methoxy groups -OCH3 is 3. The largest absolute Gasteiger partial charge is 0.493 e. The predicted octanol–water partition coefficient (Wildman–Crippen LogP) is 3.49. The monoisotopic (exact) mass is 364 g/mol. The number of nitrogens with zero attached hydrogens (tertiary/aromatic N) is 1. The highest BCUT2D eigenvalue weighted by Crippen LogP contribution is 2.41. The number of ether oxygens (including phenoxy) is 3. The SMILES string of the molecule is COc1cc(N(CCc2ccc(Cl)cc2)C(N)=O)cc(OC)c1OC. The van der Waals surface area contributed by atoms with Crippen LogP contribution in [0.2, 0.25) is 5.02 Å². The van der Waals surface area contributed by atoms with Crippen molar-refractivity contribution < 1.29 is 19.0 Å². The Kier molecular flexibility index (Phi) is 6.36. The third-order valence-electron chi connectivity index (χ3n) is 3.76. The lowest BCUT2D eigenvalue weighted by atomic mass is 10.1. The fourth-order valence-corrected chi connectivity index (χ4v) is 2.61. The first-order valence-electron chi connectivity index (χ1n) is 7.61. The Hall–Kier alpha value is -2.60. The normalized spacial score (nSPS) is 10.2. The van der Waals surface area contributed by atoms with Crippen molar-refractivity contribution in [2.24, 2.45) is 5.73 Å². The van der Waals surface area contributed by atoms with Gasteiger partial charge in [-0.2, -0.15) is 0 Å². The van der Waals surface area contributed by atoms with E-state index in [1.54, 1.807) is 12.1 Å². The van der Waals surface area contributed by atoms with Crippen molar-refractivity contribution in [2.75, 3.05) is 32.8 Å². The van der Waals surface area contributed by atoms with Crippen molar-refractivity contribution in [3.63, 3.8) is 0 Å². The number of halogens is 1. The molecule has 2 amide bonds. The summed E-state index contributed by atoms with van der Waals surface area (Å²) in [7, 11) is 4.55. The smallest absolute Gasteiger partial charge is 0.319 e. The van der Waals surface area contributed by atoms with Gasteiger partial charge in [0.1, 0.15) is 0 Å². The lowest BCUT2D eigenvalue weighted by Crippen LogP contribution is -2.37. The summed E-state index contributed by atoms with van der Waals surface area (Å²) in [5.41, 5.74) is 7.17. The van der Waals surface area contributed by atoms with Gasteiger partial charge in [0, 0.05) is 23.7 Å². The summed E-state index contributed by atoms with van der Waals surface area (Å²) in [6.45, 7) is 0.398. The van der Waals surface area contributed by atoms with Crippen molar-refractivity contribution in [1.82, 2.24) is 0 Å².